The SMILES string of the molecule is CCCC(C(=O)NC(C)(C)C)N(C(=O)Cn1nnnc1-c1ccc(C)o1)c1cccc(F)c1. The van der Waals surface area contributed by atoms with Crippen LogP contribution in [0.15, 0.2) is 40.8 Å². The van der Waals surface area contributed by atoms with Gasteiger partial charge in [-0.25, -0.2) is 9.07 Å². The fraction of sp³-hybridized carbons (Fsp3) is 0.435. The van der Waals surface area contributed by atoms with Crippen molar-refractivity contribution >= 4 is 17.5 Å². The quantitative estimate of drug-likeness (QED) is 0.556. The topological polar surface area (TPSA) is 106 Å². The second-order valence-corrected chi connectivity index (χ2v) is 8.86. The Labute approximate surface area is 192 Å². The minimum atomic E-state index is -0.839. The number of hydrogen-bond acceptors (Lipinski definition) is 6. The van der Waals surface area contributed by atoms with Crippen LogP contribution in [0.25, 0.3) is 11.6 Å². The number of furan rings is 1. The van der Waals surface area contributed by atoms with E-state index in [0.717, 1.165) is 0 Å². The maximum absolute atomic E-state index is 14.1. The Morgan fingerprint density at radius 2 is 2.00 bits per heavy atom. The van der Waals surface area contributed by atoms with Crippen molar-refractivity contribution in [3.05, 3.63) is 48.0 Å². The number of tetrazole rings is 1. The van der Waals surface area contributed by atoms with Gasteiger partial charge in [0.05, 0.1) is 0 Å². The number of carbonyl (C=O) groups excluding carboxylic acids is 2. The van der Waals surface area contributed by atoms with Crippen molar-refractivity contribution in [1.82, 2.24) is 25.5 Å². The highest BCUT2D eigenvalue weighted by Crippen LogP contribution is 2.24. The zero-order valence-electron chi connectivity index (χ0n) is 19.5. The number of aryl methyl sites for hydroxylation is 1. The van der Waals surface area contributed by atoms with E-state index in [1.165, 1.54) is 27.8 Å². The van der Waals surface area contributed by atoms with Crippen molar-refractivity contribution < 1.29 is 18.4 Å². The molecule has 0 fully saturated rings. The molecule has 1 aromatic carbocycles. The highest BCUT2D eigenvalue weighted by molar-refractivity contribution is 6.00. The summed E-state index contributed by atoms with van der Waals surface area (Å²) in [5, 5.41) is 14.5. The predicted octanol–water partition coefficient (Wildman–Crippen LogP) is 3.50. The summed E-state index contributed by atoms with van der Waals surface area (Å²) in [4.78, 5) is 28.1. The van der Waals surface area contributed by atoms with Gasteiger partial charge in [-0.1, -0.05) is 19.4 Å². The molecule has 0 saturated heterocycles. The summed E-state index contributed by atoms with van der Waals surface area (Å²) in [6, 6.07) is 8.27. The van der Waals surface area contributed by atoms with E-state index in [0.29, 0.717) is 24.4 Å². The van der Waals surface area contributed by atoms with Crippen molar-refractivity contribution in [2.75, 3.05) is 4.90 Å². The Morgan fingerprint density at radius 1 is 1.24 bits per heavy atom. The van der Waals surface area contributed by atoms with Gasteiger partial charge in [-0.05, 0) is 74.9 Å². The average molecular weight is 457 g/mol. The lowest BCUT2D eigenvalue weighted by atomic mass is 10.0. The Hall–Kier alpha value is -3.56. The molecule has 1 unspecified atom stereocenters. The van der Waals surface area contributed by atoms with Gasteiger partial charge in [0, 0.05) is 11.2 Å². The van der Waals surface area contributed by atoms with Crippen LogP contribution in [0.4, 0.5) is 10.1 Å². The molecule has 2 heterocycles. The molecule has 33 heavy (non-hydrogen) atoms. The van der Waals surface area contributed by atoms with Crippen LogP contribution in [-0.2, 0) is 16.1 Å². The third-order valence-electron chi connectivity index (χ3n) is 4.81. The minimum Gasteiger partial charge on any atom is -0.458 e. The lowest BCUT2D eigenvalue weighted by molar-refractivity contribution is -0.128. The molecule has 1 atom stereocenters. The summed E-state index contributed by atoms with van der Waals surface area (Å²) in [7, 11) is 0. The third kappa shape index (κ3) is 6.03. The molecule has 10 heteroatoms. The molecular formula is C23H29FN6O3. The predicted molar refractivity (Wildman–Crippen MR) is 121 cm³/mol. The number of rotatable bonds is 8. The third-order valence-corrected chi connectivity index (χ3v) is 4.81. The molecule has 0 aliphatic heterocycles. The highest BCUT2D eigenvalue weighted by Gasteiger charge is 2.33. The van der Waals surface area contributed by atoms with Crippen molar-refractivity contribution in [2.24, 2.45) is 0 Å². The molecule has 3 rings (SSSR count). The first-order valence-corrected chi connectivity index (χ1v) is 10.8. The minimum absolute atomic E-state index is 0.262. The van der Waals surface area contributed by atoms with Gasteiger partial charge in [0.2, 0.25) is 17.6 Å². The van der Waals surface area contributed by atoms with E-state index < -0.39 is 23.3 Å². The molecule has 2 aromatic heterocycles. The largest absolute Gasteiger partial charge is 0.458 e. The number of anilines is 1. The second kappa shape index (κ2) is 9.93. The van der Waals surface area contributed by atoms with Gasteiger partial charge in [-0.15, -0.1) is 5.10 Å². The second-order valence-electron chi connectivity index (χ2n) is 8.86. The molecule has 0 aliphatic carbocycles. The summed E-state index contributed by atoms with van der Waals surface area (Å²) in [5.74, 6) is 0.0839. The van der Waals surface area contributed by atoms with Gasteiger partial charge < -0.3 is 9.73 Å². The van der Waals surface area contributed by atoms with Gasteiger partial charge in [-0.2, -0.15) is 0 Å². The first kappa shape index (κ1) is 24.1. The number of carbonyl (C=O) groups is 2. The van der Waals surface area contributed by atoms with E-state index in [1.54, 1.807) is 25.1 Å². The van der Waals surface area contributed by atoms with Gasteiger partial charge in [0.1, 0.15) is 24.2 Å². The lowest BCUT2D eigenvalue weighted by Gasteiger charge is -2.33. The zero-order chi connectivity index (χ0) is 24.2. The first-order chi connectivity index (χ1) is 15.6. The summed E-state index contributed by atoms with van der Waals surface area (Å²) in [5.41, 5.74) is -0.217. The lowest BCUT2D eigenvalue weighted by Crippen LogP contribution is -2.54. The number of nitrogens with one attached hydrogen (secondary N) is 1. The molecule has 0 saturated carbocycles. The van der Waals surface area contributed by atoms with Crippen molar-refractivity contribution in [3.8, 4) is 11.6 Å². The molecule has 1 N–H and O–H groups in total. The van der Waals surface area contributed by atoms with Crippen LogP contribution in [0, 0.1) is 12.7 Å². The average Bonchev–Trinajstić information content (AvgIpc) is 3.35. The maximum atomic E-state index is 14.1. The zero-order valence-corrected chi connectivity index (χ0v) is 19.5. The first-order valence-electron chi connectivity index (χ1n) is 10.8. The number of amides is 2. The molecule has 9 nitrogen and oxygen atoms in total. The number of hydrogen-bond donors (Lipinski definition) is 1. The summed E-state index contributed by atoms with van der Waals surface area (Å²) >= 11 is 0. The molecule has 0 aliphatic rings. The highest BCUT2D eigenvalue weighted by atomic mass is 19.1. The van der Waals surface area contributed by atoms with Crippen LogP contribution in [0.5, 0.6) is 0 Å². The Morgan fingerprint density at radius 3 is 2.61 bits per heavy atom. The monoisotopic (exact) mass is 456 g/mol. The Balaban J connectivity index is 1.98. The van der Waals surface area contributed by atoms with Crippen molar-refractivity contribution in [1.29, 1.82) is 0 Å². The molecule has 3 aromatic rings. The van der Waals surface area contributed by atoms with Gasteiger partial charge in [0.15, 0.2) is 5.76 Å². The smallest absolute Gasteiger partial charge is 0.249 e. The van der Waals surface area contributed by atoms with E-state index in [2.05, 4.69) is 20.8 Å². The molecule has 2 amide bonds. The van der Waals surface area contributed by atoms with E-state index in [1.807, 2.05) is 27.7 Å². The summed E-state index contributed by atoms with van der Waals surface area (Å²) < 4.78 is 21.0. The summed E-state index contributed by atoms with van der Waals surface area (Å²) in [6.45, 7) is 9.03. The number of nitrogens with zero attached hydrogens (tertiary/aromatic N) is 5. The maximum Gasteiger partial charge on any atom is 0.249 e. The fourth-order valence-electron chi connectivity index (χ4n) is 3.47. The van der Waals surface area contributed by atoms with E-state index in [4.69, 9.17) is 4.42 Å². The Bertz CT molecular complexity index is 1120. The number of benzene rings is 1. The van der Waals surface area contributed by atoms with Crippen LogP contribution in [-0.4, -0.2) is 43.6 Å². The van der Waals surface area contributed by atoms with Gasteiger partial charge in [-0.3, -0.25) is 14.5 Å². The van der Waals surface area contributed by atoms with Crippen LogP contribution in [0.1, 0.15) is 46.3 Å². The number of aromatic nitrogens is 4. The van der Waals surface area contributed by atoms with E-state index in [-0.39, 0.29) is 24.0 Å². The van der Waals surface area contributed by atoms with Crippen LogP contribution >= 0.6 is 0 Å². The normalized spacial score (nSPS) is 12.4. The van der Waals surface area contributed by atoms with Crippen LogP contribution in [0.3, 0.4) is 0 Å². The van der Waals surface area contributed by atoms with Gasteiger partial charge in [0.25, 0.3) is 0 Å². The van der Waals surface area contributed by atoms with Gasteiger partial charge >= 0.3 is 0 Å². The van der Waals surface area contributed by atoms with E-state index in [9.17, 15) is 14.0 Å². The number of halogens is 1. The fourth-order valence-corrected chi connectivity index (χ4v) is 3.47. The van der Waals surface area contributed by atoms with Crippen LogP contribution in [0.2, 0.25) is 0 Å². The molecular weight excluding hydrogens is 427 g/mol. The van der Waals surface area contributed by atoms with Crippen molar-refractivity contribution in [3.63, 3.8) is 0 Å². The molecule has 0 bridgehead atoms. The summed E-state index contributed by atoms with van der Waals surface area (Å²) in [6.07, 6.45) is 1.03. The molecule has 0 radical (unpaired) electrons. The van der Waals surface area contributed by atoms with Crippen LogP contribution < -0.4 is 10.2 Å². The van der Waals surface area contributed by atoms with E-state index >= 15 is 0 Å². The molecule has 0 spiro atoms. The van der Waals surface area contributed by atoms with Crippen molar-refractivity contribution in [2.45, 2.75) is 65.6 Å². The standard InChI is InChI=1S/C23H29FN6O3/c1-6-8-18(22(32)25-23(3,4)5)30(17-10-7-9-16(24)13-17)20(31)14-29-21(26-27-28-29)19-12-11-15(2)33-19/h7,9-13,18H,6,8,14H2,1-5H3,(H,25,32). The Kier molecular flexibility index (Phi) is 7.25. The molecule has 176 valence electrons.